The lowest BCUT2D eigenvalue weighted by Crippen LogP contribution is -2.58. The van der Waals surface area contributed by atoms with Gasteiger partial charge in [0.05, 0.1) is 22.6 Å². The quantitative estimate of drug-likeness (QED) is 0.393. The van der Waals surface area contributed by atoms with Gasteiger partial charge in [0, 0.05) is 12.8 Å². The summed E-state index contributed by atoms with van der Waals surface area (Å²) in [6.07, 6.45) is 1.32. The topological polar surface area (TPSA) is 137 Å². The lowest BCUT2D eigenvalue weighted by Gasteiger charge is -2.38. The van der Waals surface area contributed by atoms with Crippen molar-refractivity contribution < 1.29 is 29.0 Å². The van der Waals surface area contributed by atoms with Crippen LogP contribution in [0.2, 0.25) is 0 Å². The average molecular weight is 583 g/mol. The normalized spacial score (nSPS) is 31.8. The minimum Gasteiger partial charge on any atom is -0.459 e. The van der Waals surface area contributed by atoms with Crippen LogP contribution in [-0.2, 0) is 23.9 Å². The van der Waals surface area contributed by atoms with Crippen LogP contribution in [0.4, 0.5) is 0 Å². The van der Waals surface area contributed by atoms with E-state index in [1.807, 2.05) is 34.6 Å². The smallest absolute Gasteiger partial charge is 0.328 e. The van der Waals surface area contributed by atoms with E-state index in [9.17, 15) is 24.3 Å². The number of hydrogen-bond acceptors (Lipinski definition) is 8. The Morgan fingerprint density at radius 2 is 1.68 bits per heavy atom. The summed E-state index contributed by atoms with van der Waals surface area (Å²) >= 11 is 1.41. The lowest BCUT2D eigenvalue weighted by atomic mass is 9.77. The summed E-state index contributed by atoms with van der Waals surface area (Å²) in [5.41, 5.74) is -2.22. The molecule has 2 rings (SSSR count). The number of likely N-dealkylation sites (N-methyl/N-ethyl adjacent to an activating group) is 1. The summed E-state index contributed by atoms with van der Waals surface area (Å²) in [7, 11) is 1.58. The summed E-state index contributed by atoms with van der Waals surface area (Å²) in [6.45, 7) is 16.2. The van der Waals surface area contributed by atoms with Crippen molar-refractivity contribution in [3.8, 4) is 0 Å². The van der Waals surface area contributed by atoms with Crippen LogP contribution in [0.3, 0.4) is 0 Å². The number of hydrogen-bond donors (Lipinski definition) is 3. The van der Waals surface area contributed by atoms with Gasteiger partial charge in [-0.3, -0.25) is 19.4 Å². The minimum atomic E-state index is -1.14. The van der Waals surface area contributed by atoms with Crippen LogP contribution in [0.5, 0.6) is 0 Å². The average Bonchev–Trinajstić information content (AvgIpc) is 3.27. The number of rotatable bonds is 7. The van der Waals surface area contributed by atoms with Crippen molar-refractivity contribution in [2.75, 3.05) is 12.8 Å². The van der Waals surface area contributed by atoms with Gasteiger partial charge in [-0.1, -0.05) is 34.1 Å². The number of fused-ring (bicyclic) bond motifs is 1. The third-order valence-electron chi connectivity index (χ3n) is 8.02. The molecule has 2 heterocycles. The molecule has 3 N–H and O–H groups in total. The number of thioether (sulfide) groups is 1. The third-order valence-corrected chi connectivity index (χ3v) is 9.47. The number of cyclic esters (lactones) is 1. The van der Waals surface area contributed by atoms with E-state index in [1.54, 1.807) is 27.8 Å². The van der Waals surface area contributed by atoms with Crippen LogP contribution >= 0.6 is 11.8 Å². The molecule has 228 valence electrons. The molecule has 10 nitrogen and oxygen atoms in total. The number of carbonyl (C=O) groups is 4. The third kappa shape index (κ3) is 7.78. The van der Waals surface area contributed by atoms with Crippen LogP contribution in [0.15, 0.2) is 4.99 Å². The second-order valence-corrected chi connectivity index (χ2v) is 13.6. The molecule has 40 heavy (non-hydrogen) atoms. The first-order chi connectivity index (χ1) is 18.5. The summed E-state index contributed by atoms with van der Waals surface area (Å²) in [4.78, 5) is 60.2. The molecular formula is C29H50N4O6S. The summed E-state index contributed by atoms with van der Waals surface area (Å²) in [6, 6.07) is -2.29. The molecule has 0 aromatic carbocycles. The van der Waals surface area contributed by atoms with Crippen molar-refractivity contribution in [1.29, 1.82) is 0 Å². The van der Waals surface area contributed by atoms with Crippen molar-refractivity contribution in [3.05, 3.63) is 0 Å². The molecule has 11 heteroatoms. The molecule has 0 aliphatic carbocycles. The molecule has 3 amide bonds. The van der Waals surface area contributed by atoms with Gasteiger partial charge in [-0.15, -0.1) is 11.8 Å². The van der Waals surface area contributed by atoms with E-state index >= 15 is 0 Å². The van der Waals surface area contributed by atoms with E-state index in [-0.39, 0.29) is 23.7 Å². The summed E-state index contributed by atoms with van der Waals surface area (Å²) in [5.74, 6) is -1.83. The molecule has 2 aliphatic rings. The molecule has 0 spiro atoms. The van der Waals surface area contributed by atoms with Crippen LogP contribution in [-0.4, -0.2) is 87.4 Å². The molecule has 0 saturated carbocycles. The van der Waals surface area contributed by atoms with Crippen molar-refractivity contribution in [3.63, 3.8) is 0 Å². The number of aliphatic hydroxyl groups is 1. The van der Waals surface area contributed by atoms with Crippen molar-refractivity contribution in [2.24, 2.45) is 22.2 Å². The fourth-order valence-corrected chi connectivity index (χ4v) is 6.70. The Hall–Kier alpha value is -2.14. The van der Waals surface area contributed by atoms with Gasteiger partial charge in [0.15, 0.2) is 0 Å². The molecular weight excluding hydrogens is 532 g/mol. The predicted octanol–water partition coefficient (Wildman–Crippen LogP) is 2.91. The molecule has 0 saturated heterocycles. The Balaban J connectivity index is 2.51. The monoisotopic (exact) mass is 582 g/mol. The van der Waals surface area contributed by atoms with E-state index in [2.05, 4.69) is 10.6 Å². The summed E-state index contributed by atoms with van der Waals surface area (Å²) in [5, 5.41) is 16.7. The Labute approximate surface area is 243 Å². The van der Waals surface area contributed by atoms with E-state index in [1.165, 1.54) is 23.6 Å². The molecule has 7 atom stereocenters. The maximum Gasteiger partial charge on any atom is 0.328 e. The number of aliphatic imine (C=N–C) groups is 1. The Morgan fingerprint density at radius 3 is 2.25 bits per heavy atom. The Bertz CT molecular complexity index is 986. The number of amides is 3. The van der Waals surface area contributed by atoms with Crippen LogP contribution in [0, 0.1) is 17.3 Å². The number of ether oxygens (including phenoxy) is 1. The highest BCUT2D eigenvalue weighted by Crippen LogP contribution is 2.35. The molecule has 0 aromatic rings. The molecule has 0 radical (unpaired) electrons. The summed E-state index contributed by atoms with van der Waals surface area (Å²) < 4.78 is 6.00. The zero-order chi connectivity index (χ0) is 30.6. The number of carbonyl (C=O) groups excluding carboxylic acids is 4. The Kier molecular flexibility index (Phi) is 11.7. The first-order valence-corrected chi connectivity index (χ1v) is 15.4. The molecule has 0 aromatic heterocycles. The van der Waals surface area contributed by atoms with Crippen LogP contribution in [0.25, 0.3) is 0 Å². The fraction of sp³-hybridized carbons (Fsp3) is 0.828. The first-order valence-electron chi connectivity index (χ1n) is 14.5. The maximum absolute atomic E-state index is 13.7. The highest BCUT2D eigenvalue weighted by atomic mass is 32.2. The first kappa shape index (κ1) is 34.1. The highest BCUT2D eigenvalue weighted by molar-refractivity contribution is 8.14. The van der Waals surface area contributed by atoms with Gasteiger partial charge in [-0.25, -0.2) is 4.79 Å². The standard InChI is InChI=1S/C29H50N4O6S/c1-11-12-20(34)14-13-17(4)22-28(7,8)26(37)31-18(5)24-32-29(9,15-40-24)27(38)33(10)21(16(2)3)23(35)30-19(6)25(36)39-22/h16-22,34H,11-15H2,1-10H3,(H,30,35)(H,31,37)/t17-,18+,19+,20+,21?,22+,29+/m1/s1. The Morgan fingerprint density at radius 1 is 1.05 bits per heavy atom. The van der Waals surface area contributed by atoms with Crippen LogP contribution in [0.1, 0.15) is 88.0 Å². The predicted molar refractivity (Wildman–Crippen MR) is 158 cm³/mol. The number of aliphatic hydroxyl groups excluding tert-OH is 1. The number of nitrogens with one attached hydrogen (secondary N) is 2. The van der Waals surface area contributed by atoms with Crippen molar-refractivity contribution >= 4 is 40.5 Å². The van der Waals surface area contributed by atoms with Gasteiger partial charge < -0.3 is 25.4 Å². The largest absolute Gasteiger partial charge is 0.459 e. The van der Waals surface area contributed by atoms with Gasteiger partial charge in [0.1, 0.15) is 23.7 Å². The lowest BCUT2D eigenvalue weighted by molar-refractivity contribution is -0.167. The number of nitrogens with zero attached hydrogens (tertiary/aromatic N) is 2. The second kappa shape index (κ2) is 13.7. The maximum atomic E-state index is 13.7. The zero-order valence-electron chi connectivity index (χ0n) is 25.9. The van der Waals surface area contributed by atoms with Crippen LogP contribution < -0.4 is 10.6 Å². The SMILES string of the molecule is CCC[C@H](O)CC[C@@H](C)[C@@H]1OC(=O)[C@H](C)NC(=O)C(C(C)C)N(C)C(=O)[C@]2(C)CSC(=N2)[C@H](C)NC(=O)C1(C)C. The van der Waals surface area contributed by atoms with Crippen molar-refractivity contribution in [1.82, 2.24) is 15.5 Å². The fourth-order valence-electron chi connectivity index (χ4n) is 5.50. The zero-order valence-corrected chi connectivity index (χ0v) is 26.7. The molecule has 2 aliphatic heterocycles. The van der Waals surface area contributed by atoms with Gasteiger partial charge in [-0.05, 0) is 65.7 Å². The highest BCUT2D eigenvalue weighted by Gasteiger charge is 2.47. The van der Waals surface area contributed by atoms with Gasteiger partial charge in [0.2, 0.25) is 11.8 Å². The molecule has 2 bridgehead atoms. The molecule has 1 unspecified atom stereocenters. The van der Waals surface area contributed by atoms with E-state index in [0.717, 1.165) is 6.42 Å². The molecule has 0 fully saturated rings. The number of esters is 1. The van der Waals surface area contributed by atoms with Gasteiger partial charge >= 0.3 is 5.97 Å². The van der Waals surface area contributed by atoms with E-state index < -0.39 is 53.2 Å². The van der Waals surface area contributed by atoms with Crippen molar-refractivity contribution in [2.45, 2.75) is 124 Å². The van der Waals surface area contributed by atoms with E-state index in [0.29, 0.717) is 30.1 Å². The van der Waals surface area contributed by atoms with Gasteiger partial charge in [-0.2, -0.15) is 0 Å². The second-order valence-electron chi connectivity index (χ2n) is 12.6. The van der Waals surface area contributed by atoms with Gasteiger partial charge in [0.25, 0.3) is 5.91 Å². The van der Waals surface area contributed by atoms with E-state index in [4.69, 9.17) is 9.73 Å². The minimum absolute atomic E-state index is 0.225.